The molecule has 0 N–H and O–H groups in total. The van der Waals surface area contributed by atoms with Gasteiger partial charge in [-0.25, -0.2) is 0 Å². The fraction of sp³-hybridized carbons (Fsp3) is 0.0769. The van der Waals surface area contributed by atoms with Crippen molar-refractivity contribution in [2.45, 2.75) is 18.5 Å². The molecule has 3 unspecified atom stereocenters. The maximum atomic E-state index is 6.92. The zero-order valence-corrected chi connectivity index (χ0v) is 26.9. The first kappa shape index (κ1) is 28.6. The summed E-state index contributed by atoms with van der Waals surface area (Å²) in [6.45, 7) is 8.09. The second-order valence-corrected chi connectivity index (χ2v) is 14.1. The average molecular weight is 640 g/mol. The van der Waals surface area contributed by atoms with Crippen LogP contribution in [0.4, 0.5) is 0 Å². The summed E-state index contributed by atoms with van der Waals surface area (Å²) in [5, 5.41) is 0. The molecular formula is C39H31NO4P2. The highest BCUT2D eigenvalue weighted by Gasteiger charge is 2.35. The Labute approximate surface area is 271 Å². The molecule has 5 aromatic rings. The summed E-state index contributed by atoms with van der Waals surface area (Å²) in [6.07, 6.45) is 13.8. The number of para-hydroxylation sites is 2. The lowest BCUT2D eigenvalue weighted by atomic mass is 9.99. The standard InChI is InChI=1S/C39H31NO4P2/c1-3-27-18-20-37(42-45-39-17-9-13-31(39)25-29-11-5-7-15-35(29)41-45)33(23-27)34-24-28(4-2)19-21-38(34)44-46-40-22-10-14-32(40)26-30-12-6-8-16-36(30)43-46/h3-24,39H,1-2,25-26H2. The second kappa shape index (κ2) is 12.2. The zero-order chi connectivity index (χ0) is 31.0. The van der Waals surface area contributed by atoms with Gasteiger partial charge in [-0.1, -0.05) is 92.1 Å². The van der Waals surface area contributed by atoms with Gasteiger partial charge in [-0.15, -0.1) is 0 Å². The Morgan fingerprint density at radius 3 is 2.09 bits per heavy atom. The Morgan fingerprint density at radius 2 is 1.37 bits per heavy atom. The van der Waals surface area contributed by atoms with Crippen LogP contribution in [0, 0.1) is 0 Å². The third-order valence-electron chi connectivity index (χ3n) is 8.41. The maximum absolute atomic E-state index is 6.92. The molecule has 0 bridgehead atoms. The molecule has 0 saturated heterocycles. The molecule has 7 heteroatoms. The highest BCUT2D eigenvalue weighted by atomic mass is 31.2. The van der Waals surface area contributed by atoms with Crippen molar-refractivity contribution >= 4 is 29.1 Å². The number of hydrogen-bond donors (Lipinski definition) is 0. The van der Waals surface area contributed by atoms with Crippen LogP contribution < -0.4 is 18.1 Å². The lowest BCUT2D eigenvalue weighted by molar-refractivity contribution is 0.478. The molecule has 0 amide bonds. The summed E-state index contributed by atoms with van der Waals surface area (Å²) < 4.78 is 29.1. The van der Waals surface area contributed by atoms with Crippen LogP contribution in [0.1, 0.15) is 27.9 Å². The van der Waals surface area contributed by atoms with Gasteiger partial charge in [-0.2, -0.15) is 0 Å². The first-order valence-electron chi connectivity index (χ1n) is 15.2. The van der Waals surface area contributed by atoms with E-state index in [2.05, 4.69) is 72.1 Å². The molecule has 3 atom stereocenters. The van der Waals surface area contributed by atoms with Gasteiger partial charge >= 0.3 is 16.9 Å². The van der Waals surface area contributed by atoms with E-state index in [1.807, 2.05) is 79.0 Å². The number of rotatable bonds is 7. The lowest BCUT2D eigenvalue weighted by Gasteiger charge is -2.25. The molecule has 2 aliphatic heterocycles. The van der Waals surface area contributed by atoms with E-state index < -0.39 is 16.9 Å². The second-order valence-electron chi connectivity index (χ2n) is 11.3. The summed E-state index contributed by atoms with van der Waals surface area (Å²) in [4.78, 5) is 0. The highest BCUT2D eigenvalue weighted by molar-refractivity contribution is 7.49. The SMILES string of the molecule is C=Cc1ccc(OP2Oc3ccccc3CC3=CC=CC32)c(-c2cc(C=C)ccc2OP2Oc3ccccc3Cc3cccn32)c1. The van der Waals surface area contributed by atoms with Gasteiger partial charge in [0.05, 0.1) is 5.66 Å². The normalized spacial score (nSPS) is 19.0. The summed E-state index contributed by atoms with van der Waals surface area (Å²) >= 11 is 0. The minimum atomic E-state index is -1.55. The smallest absolute Gasteiger partial charge is 0.421 e. The van der Waals surface area contributed by atoms with Crippen LogP contribution in [-0.4, -0.2) is 10.00 Å². The number of fused-ring (bicyclic) bond motifs is 4. The molecule has 46 heavy (non-hydrogen) atoms. The number of allylic oxidation sites excluding steroid dienone is 4. The van der Waals surface area contributed by atoms with Crippen molar-refractivity contribution in [2.75, 3.05) is 0 Å². The van der Waals surface area contributed by atoms with E-state index in [0.717, 1.165) is 57.9 Å². The molecule has 3 heterocycles. The van der Waals surface area contributed by atoms with Crippen LogP contribution in [0.15, 0.2) is 140 Å². The quantitative estimate of drug-likeness (QED) is 0.166. The Kier molecular flexibility index (Phi) is 7.58. The first-order valence-corrected chi connectivity index (χ1v) is 17.6. The Morgan fingerprint density at radius 1 is 0.717 bits per heavy atom. The zero-order valence-electron chi connectivity index (χ0n) is 25.1. The van der Waals surface area contributed by atoms with Gasteiger partial charge in [0.25, 0.3) is 0 Å². The van der Waals surface area contributed by atoms with Crippen LogP contribution >= 0.6 is 16.9 Å². The fourth-order valence-corrected chi connectivity index (χ4v) is 9.10. The molecule has 5 nitrogen and oxygen atoms in total. The molecule has 0 radical (unpaired) electrons. The monoisotopic (exact) mass is 639 g/mol. The van der Waals surface area contributed by atoms with Crippen molar-refractivity contribution < 1.29 is 18.1 Å². The van der Waals surface area contributed by atoms with E-state index in [1.54, 1.807) is 0 Å². The van der Waals surface area contributed by atoms with Crippen molar-refractivity contribution in [2.24, 2.45) is 0 Å². The highest BCUT2D eigenvalue weighted by Crippen LogP contribution is 2.56. The predicted molar refractivity (Wildman–Crippen MR) is 189 cm³/mol. The number of aromatic nitrogens is 1. The minimum absolute atomic E-state index is 0.0552. The van der Waals surface area contributed by atoms with Crippen LogP contribution in [0.2, 0.25) is 0 Å². The van der Waals surface area contributed by atoms with Crippen molar-refractivity contribution in [3.8, 4) is 34.1 Å². The van der Waals surface area contributed by atoms with Gasteiger partial charge in [0.2, 0.25) is 0 Å². The summed E-state index contributed by atoms with van der Waals surface area (Å²) in [7, 11) is -2.93. The van der Waals surface area contributed by atoms with Crippen molar-refractivity contribution in [3.05, 3.63) is 168 Å². The maximum Gasteiger partial charge on any atom is 0.421 e. The van der Waals surface area contributed by atoms with E-state index in [1.165, 1.54) is 11.1 Å². The van der Waals surface area contributed by atoms with E-state index in [-0.39, 0.29) is 5.66 Å². The predicted octanol–water partition coefficient (Wildman–Crippen LogP) is 10.8. The van der Waals surface area contributed by atoms with Crippen LogP contribution in [-0.2, 0) is 12.8 Å². The van der Waals surface area contributed by atoms with Crippen LogP contribution in [0.5, 0.6) is 23.0 Å². The van der Waals surface area contributed by atoms with Crippen LogP contribution in [0.25, 0.3) is 23.3 Å². The van der Waals surface area contributed by atoms with E-state index in [4.69, 9.17) is 18.1 Å². The molecule has 1 aromatic heterocycles. The summed E-state index contributed by atoms with van der Waals surface area (Å²) in [5.74, 6) is 3.10. The molecule has 4 aromatic carbocycles. The largest absolute Gasteiger partial charge is 0.438 e. The third-order valence-corrected chi connectivity index (χ3v) is 11.6. The van der Waals surface area contributed by atoms with Gasteiger partial charge in [0.15, 0.2) is 0 Å². The van der Waals surface area contributed by atoms with Gasteiger partial charge in [-0.05, 0) is 77.2 Å². The molecule has 0 spiro atoms. The van der Waals surface area contributed by atoms with Crippen LogP contribution in [0.3, 0.4) is 0 Å². The van der Waals surface area contributed by atoms with E-state index in [0.29, 0.717) is 11.5 Å². The summed E-state index contributed by atoms with van der Waals surface area (Å²) in [5.41, 5.74) is 8.49. The van der Waals surface area contributed by atoms with Gasteiger partial charge < -0.3 is 18.1 Å². The van der Waals surface area contributed by atoms with Gasteiger partial charge in [0.1, 0.15) is 23.0 Å². The molecule has 1 aliphatic carbocycles. The minimum Gasteiger partial charge on any atom is -0.438 e. The lowest BCUT2D eigenvalue weighted by Crippen LogP contribution is -2.10. The molecular weight excluding hydrogens is 608 g/mol. The number of nitrogens with zero attached hydrogens (tertiary/aromatic N) is 1. The molecule has 0 saturated carbocycles. The Hall–Kier alpha value is -4.82. The summed E-state index contributed by atoms with van der Waals surface area (Å²) in [6, 6.07) is 32.8. The Bertz CT molecular complexity index is 2040. The molecule has 226 valence electrons. The molecule has 8 rings (SSSR count). The van der Waals surface area contributed by atoms with Crippen molar-refractivity contribution in [1.82, 2.24) is 4.34 Å². The van der Waals surface area contributed by atoms with Crippen molar-refractivity contribution in [1.29, 1.82) is 0 Å². The van der Waals surface area contributed by atoms with E-state index in [9.17, 15) is 0 Å². The van der Waals surface area contributed by atoms with Gasteiger partial charge in [0, 0.05) is 35.0 Å². The van der Waals surface area contributed by atoms with E-state index >= 15 is 0 Å². The molecule has 0 fully saturated rings. The topological polar surface area (TPSA) is 41.9 Å². The molecule has 3 aliphatic rings. The van der Waals surface area contributed by atoms with Crippen molar-refractivity contribution in [3.63, 3.8) is 0 Å². The number of benzene rings is 4. The fourth-order valence-electron chi connectivity index (χ4n) is 6.01. The number of hydrogen-bond acceptors (Lipinski definition) is 4. The third kappa shape index (κ3) is 5.36. The van der Waals surface area contributed by atoms with Gasteiger partial charge in [-0.3, -0.25) is 4.34 Å². The Balaban J connectivity index is 1.21. The first-order chi connectivity index (χ1) is 22.7. The average Bonchev–Trinajstić information content (AvgIpc) is 3.69.